The van der Waals surface area contributed by atoms with E-state index in [-0.39, 0.29) is 22.3 Å². The fraction of sp³-hybridized carbons (Fsp3) is 0.810. The third kappa shape index (κ3) is 1.54. The number of hydrogen-bond donors (Lipinski definition) is 0. The number of carbonyl (C=O) groups is 2. The van der Waals surface area contributed by atoms with Crippen molar-refractivity contribution in [3.8, 4) is 0 Å². The van der Waals surface area contributed by atoms with E-state index in [1.165, 1.54) is 12.0 Å². The highest BCUT2D eigenvalue weighted by Crippen LogP contribution is 2.76. The van der Waals surface area contributed by atoms with Crippen LogP contribution >= 0.6 is 0 Å². The predicted octanol–water partition coefficient (Wildman–Crippen LogP) is 3.85. The molecule has 0 amide bonds. The summed E-state index contributed by atoms with van der Waals surface area (Å²) in [4.78, 5) is 24.2. The molecule has 0 aromatic rings. The first-order valence-corrected chi connectivity index (χ1v) is 9.75. The van der Waals surface area contributed by atoms with Gasteiger partial charge in [-0.2, -0.15) is 0 Å². The van der Waals surface area contributed by atoms with E-state index in [9.17, 15) is 9.59 Å². The van der Waals surface area contributed by atoms with Crippen molar-refractivity contribution in [2.24, 2.45) is 28.6 Å². The Morgan fingerprint density at radius 1 is 1.17 bits per heavy atom. The Labute approximate surface area is 144 Å². The third-order valence-corrected chi connectivity index (χ3v) is 8.87. The smallest absolute Gasteiger partial charge is 0.155 e. The number of ether oxygens (including phenoxy) is 1. The van der Waals surface area contributed by atoms with Crippen LogP contribution in [0.1, 0.15) is 65.7 Å². The van der Waals surface area contributed by atoms with Gasteiger partial charge in [0.1, 0.15) is 11.4 Å². The minimum atomic E-state index is -0.0394. The first kappa shape index (κ1) is 15.3. The van der Waals surface area contributed by atoms with E-state index in [4.69, 9.17) is 4.74 Å². The highest BCUT2D eigenvalue weighted by Gasteiger charge is 2.80. The Morgan fingerprint density at radius 3 is 2.71 bits per heavy atom. The molecule has 0 unspecified atom stereocenters. The molecule has 5 rings (SSSR count). The summed E-state index contributed by atoms with van der Waals surface area (Å²) in [6, 6.07) is 0. The summed E-state index contributed by atoms with van der Waals surface area (Å²) >= 11 is 0. The van der Waals surface area contributed by atoms with Crippen molar-refractivity contribution in [1.82, 2.24) is 0 Å². The Bertz CT molecular complexity index is 679. The van der Waals surface area contributed by atoms with Crippen molar-refractivity contribution in [1.29, 1.82) is 0 Å². The molecule has 5 aliphatic rings. The summed E-state index contributed by atoms with van der Waals surface area (Å²) in [5, 5.41) is 0. The number of carbonyl (C=O) groups excluding carboxylic acids is 2. The Kier molecular flexibility index (Phi) is 2.81. The van der Waals surface area contributed by atoms with Crippen molar-refractivity contribution in [3.05, 3.63) is 11.6 Å². The van der Waals surface area contributed by atoms with Crippen molar-refractivity contribution in [3.63, 3.8) is 0 Å². The predicted molar refractivity (Wildman–Crippen MR) is 90.4 cm³/mol. The SMILES string of the molecule is CC(=O)[C@H]1C[C@H]2O[C@]23[C@@H]2CCC4=CC(=O)CC[C@]4(C)[C@H]2CC[C@]13C. The fourth-order valence-electron chi connectivity index (χ4n) is 7.61. The summed E-state index contributed by atoms with van der Waals surface area (Å²) in [7, 11) is 0. The summed E-state index contributed by atoms with van der Waals surface area (Å²) < 4.78 is 6.40. The molecule has 0 aromatic carbocycles. The monoisotopic (exact) mass is 328 g/mol. The molecule has 1 saturated heterocycles. The zero-order valence-corrected chi connectivity index (χ0v) is 15.1. The van der Waals surface area contributed by atoms with E-state index in [0.717, 1.165) is 32.1 Å². The first-order valence-electron chi connectivity index (χ1n) is 9.75. The lowest BCUT2D eigenvalue weighted by atomic mass is 9.46. The van der Waals surface area contributed by atoms with Crippen LogP contribution in [0.4, 0.5) is 0 Å². The molecule has 1 aliphatic heterocycles. The lowest BCUT2D eigenvalue weighted by molar-refractivity contribution is -0.136. The molecule has 130 valence electrons. The molecule has 0 N–H and O–H groups in total. The van der Waals surface area contributed by atoms with Gasteiger partial charge in [0.2, 0.25) is 0 Å². The van der Waals surface area contributed by atoms with Crippen molar-refractivity contribution >= 4 is 11.6 Å². The van der Waals surface area contributed by atoms with Gasteiger partial charge in [0.15, 0.2) is 5.78 Å². The summed E-state index contributed by atoms with van der Waals surface area (Å²) in [6.07, 6.45) is 9.38. The van der Waals surface area contributed by atoms with Crippen LogP contribution in [0.15, 0.2) is 11.6 Å². The van der Waals surface area contributed by atoms with E-state index in [1.807, 2.05) is 6.08 Å². The van der Waals surface area contributed by atoms with Crippen LogP contribution in [0.3, 0.4) is 0 Å². The van der Waals surface area contributed by atoms with Crippen molar-refractivity contribution in [2.75, 3.05) is 0 Å². The molecule has 7 atom stereocenters. The largest absolute Gasteiger partial charge is 0.365 e. The lowest BCUT2D eigenvalue weighted by Crippen LogP contribution is -2.57. The Hall–Kier alpha value is -0.960. The number of ketones is 2. The minimum Gasteiger partial charge on any atom is -0.365 e. The summed E-state index contributed by atoms with van der Waals surface area (Å²) in [6.45, 7) is 6.51. The zero-order chi connectivity index (χ0) is 16.9. The molecule has 4 aliphatic carbocycles. The van der Waals surface area contributed by atoms with Crippen LogP contribution in [0, 0.1) is 28.6 Å². The minimum absolute atomic E-state index is 0.0345. The molecule has 3 heteroatoms. The standard InChI is InChI=1S/C21H28O3/c1-12(22)17-11-18-21(24-18)16-5-4-13-10-14(23)6-8-19(13,2)15(16)7-9-20(17,21)3/h10,15-18H,4-9,11H2,1-3H3/t15-,16+,17+,18+,19-,20+,21+/m0/s1. The Morgan fingerprint density at radius 2 is 1.96 bits per heavy atom. The van der Waals surface area contributed by atoms with E-state index < -0.39 is 0 Å². The Balaban J connectivity index is 1.55. The molecule has 0 radical (unpaired) electrons. The van der Waals surface area contributed by atoms with Gasteiger partial charge in [-0.1, -0.05) is 19.4 Å². The molecular weight excluding hydrogens is 300 g/mol. The molecule has 4 fully saturated rings. The van der Waals surface area contributed by atoms with Gasteiger partial charge < -0.3 is 4.74 Å². The van der Waals surface area contributed by atoms with Crippen LogP contribution in [0.5, 0.6) is 0 Å². The fourth-order valence-corrected chi connectivity index (χ4v) is 7.61. The third-order valence-electron chi connectivity index (χ3n) is 8.87. The molecule has 0 aromatic heterocycles. The van der Waals surface area contributed by atoms with Gasteiger partial charge in [0.25, 0.3) is 0 Å². The topological polar surface area (TPSA) is 46.7 Å². The van der Waals surface area contributed by atoms with Gasteiger partial charge in [-0.3, -0.25) is 9.59 Å². The van der Waals surface area contributed by atoms with Crippen LogP contribution in [0.25, 0.3) is 0 Å². The van der Waals surface area contributed by atoms with Crippen molar-refractivity contribution < 1.29 is 14.3 Å². The molecular formula is C21H28O3. The van der Waals surface area contributed by atoms with Crippen molar-refractivity contribution in [2.45, 2.75) is 77.4 Å². The second-order valence-electron chi connectivity index (χ2n) is 9.56. The van der Waals surface area contributed by atoms with Crippen LogP contribution < -0.4 is 0 Å². The highest BCUT2D eigenvalue weighted by molar-refractivity contribution is 5.91. The van der Waals surface area contributed by atoms with Gasteiger partial charge in [0, 0.05) is 17.8 Å². The molecule has 3 saturated carbocycles. The van der Waals surface area contributed by atoms with E-state index in [0.29, 0.717) is 35.9 Å². The normalized spacial score (nSPS) is 55.0. The maximum Gasteiger partial charge on any atom is 0.155 e. The van der Waals surface area contributed by atoms with Gasteiger partial charge >= 0.3 is 0 Å². The van der Waals surface area contributed by atoms with Crippen LogP contribution in [-0.2, 0) is 14.3 Å². The van der Waals surface area contributed by atoms with E-state index in [1.54, 1.807) is 6.92 Å². The summed E-state index contributed by atoms with van der Waals surface area (Å²) in [5.41, 5.74) is 1.57. The molecule has 1 heterocycles. The maximum atomic E-state index is 12.3. The molecule has 0 bridgehead atoms. The van der Waals surface area contributed by atoms with Gasteiger partial charge in [-0.25, -0.2) is 0 Å². The second-order valence-corrected chi connectivity index (χ2v) is 9.56. The second kappa shape index (κ2) is 4.41. The van der Waals surface area contributed by atoms with Gasteiger partial charge in [0.05, 0.1) is 6.10 Å². The lowest BCUT2D eigenvalue weighted by Gasteiger charge is -2.58. The maximum absolute atomic E-state index is 12.3. The van der Waals surface area contributed by atoms with E-state index in [2.05, 4.69) is 13.8 Å². The zero-order valence-electron chi connectivity index (χ0n) is 15.1. The number of epoxide rings is 1. The number of Topliss-reactive ketones (excluding diaryl/α,β-unsaturated/α-hetero) is 1. The highest BCUT2D eigenvalue weighted by atomic mass is 16.6. The molecule has 3 nitrogen and oxygen atoms in total. The van der Waals surface area contributed by atoms with Gasteiger partial charge in [-0.15, -0.1) is 0 Å². The summed E-state index contributed by atoms with van der Waals surface area (Å²) in [5.74, 6) is 2.06. The molecule has 24 heavy (non-hydrogen) atoms. The number of allylic oxidation sites excluding steroid dienone is 1. The first-order chi connectivity index (χ1) is 11.3. The average Bonchev–Trinajstić information content (AvgIpc) is 3.18. The number of rotatable bonds is 1. The number of hydrogen-bond acceptors (Lipinski definition) is 3. The van der Waals surface area contributed by atoms with Crippen LogP contribution in [-0.4, -0.2) is 23.3 Å². The average molecular weight is 328 g/mol. The quantitative estimate of drug-likeness (QED) is 0.687. The number of fused-ring (bicyclic) bond motifs is 3. The van der Waals surface area contributed by atoms with E-state index >= 15 is 0 Å². The molecule has 1 spiro atoms. The van der Waals surface area contributed by atoms with Gasteiger partial charge in [-0.05, 0) is 68.8 Å². The van der Waals surface area contributed by atoms with Crippen LogP contribution in [0.2, 0.25) is 0 Å².